The molecule has 0 fully saturated rings. The summed E-state index contributed by atoms with van der Waals surface area (Å²) >= 11 is 0. The van der Waals surface area contributed by atoms with E-state index in [2.05, 4.69) is 0 Å². The summed E-state index contributed by atoms with van der Waals surface area (Å²) in [5.41, 5.74) is 0.00656. The van der Waals surface area contributed by atoms with Crippen molar-refractivity contribution in [3.63, 3.8) is 0 Å². The summed E-state index contributed by atoms with van der Waals surface area (Å²) < 4.78 is 36.5. The molecule has 0 aliphatic carbocycles. The Labute approximate surface area is 135 Å². The van der Waals surface area contributed by atoms with E-state index in [1.807, 2.05) is 0 Å². The summed E-state index contributed by atoms with van der Waals surface area (Å²) in [5, 5.41) is 10.3. The van der Waals surface area contributed by atoms with Crippen LogP contribution in [0.1, 0.15) is 15.9 Å². The Morgan fingerprint density at radius 1 is 1.17 bits per heavy atom. The third-order valence-electron chi connectivity index (χ3n) is 2.93. The van der Waals surface area contributed by atoms with Gasteiger partial charge in [-0.3, -0.25) is 10.1 Å². The molecule has 0 amide bonds. The number of hydrogen-bond donors (Lipinski definition) is 0. The van der Waals surface area contributed by atoms with Crippen LogP contribution in [0, 0.1) is 21.7 Å². The maximum atomic E-state index is 13.6. The summed E-state index contributed by atoms with van der Waals surface area (Å²) in [6.07, 6.45) is 1.97. The molecule has 0 spiro atoms. The molecule has 0 atom stereocenters. The molecule has 8 heteroatoms. The Kier molecular flexibility index (Phi) is 5.20. The van der Waals surface area contributed by atoms with Crippen molar-refractivity contribution >= 4 is 12.0 Å². The van der Waals surface area contributed by atoms with E-state index in [9.17, 15) is 23.7 Å². The predicted octanol–water partition coefficient (Wildman–Crippen LogP) is 3.44. The van der Waals surface area contributed by atoms with Crippen LogP contribution in [0.15, 0.2) is 42.6 Å². The highest BCUT2D eigenvalue weighted by Gasteiger charge is 2.17. The highest BCUT2D eigenvalue weighted by atomic mass is 19.1. The average Bonchev–Trinajstić information content (AvgIpc) is 2.53. The number of carbonyl (C=O) groups excluding carboxylic acids is 1. The predicted molar refractivity (Wildman–Crippen MR) is 80.3 cm³/mol. The second-order valence-electron chi connectivity index (χ2n) is 4.53. The van der Waals surface area contributed by atoms with Crippen LogP contribution >= 0.6 is 0 Å². The van der Waals surface area contributed by atoms with E-state index in [-0.39, 0.29) is 11.5 Å². The first-order valence-electron chi connectivity index (χ1n) is 6.57. The van der Waals surface area contributed by atoms with Crippen molar-refractivity contribution in [2.75, 3.05) is 7.11 Å². The quantitative estimate of drug-likeness (QED) is 0.362. The van der Waals surface area contributed by atoms with E-state index < -0.39 is 28.1 Å². The Hall–Kier alpha value is -3.29. The number of halogens is 2. The lowest BCUT2D eigenvalue weighted by Crippen LogP contribution is -2.11. The smallest absolute Gasteiger partial charge is 0.346 e. The van der Waals surface area contributed by atoms with Gasteiger partial charge in [0.25, 0.3) is 0 Å². The molecule has 24 heavy (non-hydrogen) atoms. The number of hydrogen-bond acceptors (Lipinski definition) is 5. The average molecular weight is 335 g/mol. The summed E-state index contributed by atoms with van der Waals surface area (Å²) in [4.78, 5) is 21.7. The molecule has 0 bridgehead atoms. The van der Waals surface area contributed by atoms with Gasteiger partial charge in [0.2, 0.25) is 6.20 Å². The maximum absolute atomic E-state index is 13.6. The zero-order valence-electron chi connectivity index (χ0n) is 12.4. The number of ether oxygens (including phenoxy) is 2. The van der Waals surface area contributed by atoms with Crippen LogP contribution in [0.2, 0.25) is 0 Å². The molecule has 0 saturated carbocycles. The van der Waals surface area contributed by atoms with E-state index in [1.165, 1.54) is 31.4 Å². The molecule has 0 unspecified atom stereocenters. The highest BCUT2D eigenvalue weighted by molar-refractivity contribution is 5.91. The Morgan fingerprint density at radius 2 is 1.92 bits per heavy atom. The number of esters is 1. The number of benzene rings is 2. The first-order valence-corrected chi connectivity index (χ1v) is 6.57. The van der Waals surface area contributed by atoms with Crippen LogP contribution < -0.4 is 9.47 Å². The minimum atomic E-state index is -1.05. The van der Waals surface area contributed by atoms with Gasteiger partial charge >= 0.3 is 5.97 Å². The molecular formula is C16H11F2NO5. The van der Waals surface area contributed by atoms with Gasteiger partial charge in [0.05, 0.1) is 17.6 Å². The topological polar surface area (TPSA) is 78.7 Å². The summed E-state index contributed by atoms with van der Waals surface area (Å²) in [7, 11) is 1.31. The minimum Gasteiger partial charge on any atom is -0.493 e. The van der Waals surface area contributed by atoms with Crippen LogP contribution in [0.5, 0.6) is 11.5 Å². The van der Waals surface area contributed by atoms with Gasteiger partial charge in [-0.05, 0) is 29.8 Å². The summed E-state index contributed by atoms with van der Waals surface area (Å²) in [6, 6.07) is 6.67. The molecule has 0 radical (unpaired) electrons. The number of nitro groups is 1. The number of rotatable bonds is 5. The van der Waals surface area contributed by atoms with Crippen molar-refractivity contribution in [2.45, 2.75) is 0 Å². The second kappa shape index (κ2) is 7.32. The molecular weight excluding hydrogens is 324 g/mol. The van der Waals surface area contributed by atoms with Crippen LogP contribution in [0.3, 0.4) is 0 Å². The SMILES string of the molecule is COc1cc(/C=C/[N+](=O)[O-])ccc1OC(=O)c1ccc(F)cc1F. The van der Waals surface area contributed by atoms with Gasteiger partial charge in [-0.1, -0.05) is 6.07 Å². The zero-order valence-corrected chi connectivity index (χ0v) is 12.4. The molecule has 0 aromatic heterocycles. The van der Waals surface area contributed by atoms with Gasteiger partial charge in [-0.2, -0.15) is 0 Å². The first kappa shape index (κ1) is 17.1. The van der Waals surface area contributed by atoms with Crippen LogP contribution in [-0.4, -0.2) is 18.0 Å². The molecule has 2 aromatic carbocycles. The molecule has 6 nitrogen and oxygen atoms in total. The van der Waals surface area contributed by atoms with Gasteiger partial charge < -0.3 is 9.47 Å². The Morgan fingerprint density at radius 3 is 2.54 bits per heavy atom. The van der Waals surface area contributed by atoms with E-state index in [0.717, 1.165) is 18.3 Å². The zero-order chi connectivity index (χ0) is 17.7. The van der Waals surface area contributed by atoms with Crippen LogP contribution in [0.25, 0.3) is 6.08 Å². The van der Waals surface area contributed by atoms with Gasteiger partial charge in [0.1, 0.15) is 11.6 Å². The standard InChI is InChI=1S/C16H11F2NO5/c1-23-15-8-10(6-7-19(21)22)2-5-14(15)24-16(20)12-4-3-11(17)9-13(12)18/h2-9H,1H3/b7-6+. The Bertz CT molecular complexity index is 820. The first-order chi connectivity index (χ1) is 11.4. The van der Waals surface area contributed by atoms with Crippen LogP contribution in [-0.2, 0) is 0 Å². The van der Waals surface area contributed by atoms with E-state index in [4.69, 9.17) is 9.47 Å². The lowest BCUT2D eigenvalue weighted by atomic mass is 10.2. The summed E-state index contributed by atoms with van der Waals surface area (Å²) in [6.45, 7) is 0. The van der Waals surface area contributed by atoms with Crippen molar-refractivity contribution < 1.29 is 28.0 Å². The highest BCUT2D eigenvalue weighted by Crippen LogP contribution is 2.29. The molecule has 2 rings (SSSR count). The fraction of sp³-hybridized carbons (Fsp3) is 0.0625. The van der Waals surface area contributed by atoms with Gasteiger partial charge in [-0.15, -0.1) is 0 Å². The molecule has 0 N–H and O–H groups in total. The summed E-state index contributed by atoms with van der Waals surface area (Å²) in [5.74, 6) is -2.78. The fourth-order valence-corrected chi connectivity index (χ4v) is 1.83. The normalized spacial score (nSPS) is 10.6. The Balaban J connectivity index is 2.25. The van der Waals surface area contributed by atoms with Crippen molar-refractivity contribution in [3.05, 3.63) is 75.5 Å². The number of carbonyl (C=O) groups is 1. The number of methoxy groups -OCH3 is 1. The third kappa shape index (κ3) is 4.13. The molecule has 0 aliphatic rings. The number of nitrogens with zero attached hydrogens (tertiary/aromatic N) is 1. The van der Waals surface area contributed by atoms with E-state index in [1.54, 1.807) is 0 Å². The minimum absolute atomic E-state index is 0.00974. The maximum Gasteiger partial charge on any atom is 0.346 e. The van der Waals surface area contributed by atoms with Crippen LogP contribution in [0.4, 0.5) is 8.78 Å². The second-order valence-corrected chi connectivity index (χ2v) is 4.53. The third-order valence-corrected chi connectivity index (χ3v) is 2.93. The van der Waals surface area contributed by atoms with Gasteiger partial charge in [-0.25, -0.2) is 13.6 Å². The largest absolute Gasteiger partial charge is 0.493 e. The monoisotopic (exact) mass is 335 g/mol. The van der Waals surface area contributed by atoms with Crippen molar-refractivity contribution in [1.29, 1.82) is 0 Å². The van der Waals surface area contributed by atoms with E-state index >= 15 is 0 Å². The lowest BCUT2D eigenvalue weighted by molar-refractivity contribution is -0.400. The van der Waals surface area contributed by atoms with Crippen molar-refractivity contribution in [3.8, 4) is 11.5 Å². The molecule has 0 saturated heterocycles. The van der Waals surface area contributed by atoms with E-state index in [0.29, 0.717) is 11.6 Å². The van der Waals surface area contributed by atoms with Gasteiger partial charge in [0, 0.05) is 12.1 Å². The lowest BCUT2D eigenvalue weighted by Gasteiger charge is -2.10. The molecule has 0 heterocycles. The van der Waals surface area contributed by atoms with Gasteiger partial charge in [0.15, 0.2) is 11.5 Å². The molecule has 0 aliphatic heterocycles. The fourth-order valence-electron chi connectivity index (χ4n) is 1.83. The molecule has 124 valence electrons. The van der Waals surface area contributed by atoms with Crippen molar-refractivity contribution in [1.82, 2.24) is 0 Å². The molecule has 2 aromatic rings. The van der Waals surface area contributed by atoms with Crippen molar-refractivity contribution in [2.24, 2.45) is 0 Å².